The Labute approximate surface area is 176 Å². The highest BCUT2D eigenvalue weighted by Gasteiger charge is 2.28. The van der Waals surface area contributed by atoms with E-state index in [0.29, 0.717) is 18.2 Å². The van der Waals surface area contributed by atoms with Crippen molar-refractivity contribution in [1.82, 2.24) is 10.2 Å². The van der Waals surface area contributed by atoms with Crippen LogP contribution in [-0.2, 0) is 11.3 Å². The van der Waals surface area contributed by atoms with E-state index in [9.17, 15) is 13.6 Å². The number of likely N-dealkylation sites (tertiary alicyclic amines) is 1. The molecule has 1 amide bonds. The molecule has 2 fully saturated rings. The molecular formula is C24H29F2N3O. The lowest BCUT2D eigenvalue weighted by Crippen LogP contribution is -2.43. The first-order chi connectivity index (χ1) is 14.6. The summed E-state index contributed by atoms with van der Waals surface area (Å²) >= 11 is 0. The molecule has 0 saturated carbocycles. The molecule has 0 aromatic heterocycles. The van der Waals surface area contributed by atoms with Gasteiger partial charge in [0.05, 0.1) is 5.92 Å². The topological polar surface area (TPSA) is 35.6 Å². The minimum Gasteiger partial charge on any atom is -0.371 e. The predicted octanol–water partition coefficient (Wildman–Crippen LogP) is 3.82. The van der Waals surface area contributed by atoms with Crippen LogP contribution in [0.5, 0.6) is 0 Å². The van der Waals surface area contributed by atoms with Gasteiger partial charge in [-0.05, 0) is 49.4 Å². The quantitative estimate of drug-likeness (QED) is 0.782. The lowest BCUT2D eigenvalue weighted by molar-refractivity contribution is -0.126. The zero-order chi connectivity index (χ0) is 20.9. The second-order valence-electron chi connectivity index (χ2n) is 8.50. The predicted molar refractivity (Wildman–Crippen MR) is 114 cm³/mol. The second kappa shape index (κ2) is 9.56. The van der Waals surface area contributed by atoms with Crippen LogP contribution in [0.3, 0.4) is 0 Å². The Morgan fingerprint density at radius 1 is 1.00 bits per heavy atom. The lowest BCUT2D eigenvalue weighted by atomic mass is 9.96. The number of benzene rings is 2. The Balaban J connectivity index is 1.24. The van der Waals surface area contributed by atoms with Crippen LogP contribution in [-0.4, -0.2) is 43.5 Å². The molecule has 0 unspecified atom stereocenters. The highest BCUT2D eigenvalue weighted by molar-refractivity contribution is 5.79. The van der Waals surface area contributed by atoms with Crippen LogP contribution in [0.15, 0.2) is 48.5 Å². The third-order valence-corrected chi connectivity index (χ3v) is 6.24. The third kappa shape index (κ3) is 5.17. The molecule has 0 radical (unpaired) electrons. The Morgan fingerprint density at radius 3 is 2.63 bits per heavy atom. The number of hydrogen-bond donors (Lipinski definition) is 1. The number of nitrogens with one attached hydrogen (secondary N) is 1. The van der Waals surface area contributed by atoms with Gasteiger partial charge in [0.2, 0.25) is 5.91 Å². The lowest BCUT2D eigenvalue weighted by Gasteiger charge is -2.32. The van der Waals surface area contributed by atoms with Crippen molar-refractivity contribution in [2.75, 3.05) is 37.6 Å². The number of rotatable bonds is 6. The summed E-state index contributed by atoms with van der Waals surface area (Å²) < 4.78 is 26.7. The minimum atomic E-state index is -0.824. The maximum Gasteiger partial charge on any atom is 0.224 e. The van der Waals surface area contributed by atoms with E-state index in [-0.39, 0.29) is 11.8 Å². The molecule has 160 valence electrons. The van der Waals surface area contributed by atoms with Gasteiger partial charge in [-0.2, -0.15) is 0 Å². The zero-order valence-electron chi connectivity index (χ0n) is 17.2. The molecule has 0 bridgehead atoms. The molecule has 2 aliphatic rings. The molecule has 4 rings (SSSR count). The van der Waals surface area contributed by atoms with E-state index in [1.54, 1.807) is 6.07 Å². The van der Waals surface area contributed by atoms with Crippen LogP contribution < -0.4 is 10.2 Å². The van der Waals surface area contributed by atoms with Crippen molar-refractivity contribution in [2.24, 2.45) is 11.8 Å². The maximum atomic E-state index is 13.5. The summed E-state index contributed by atoms with van der Waals surface area (Å²) in [5.74, 6) is -1.14. The normalized spacial score (nSPS) is 22.3. The van der Waals surface area contributed by atoms with E-state index in [1.165, 1.54) is 17.7 Å². The van der Waals surface area contributed by atoms with Crippen molar-refractivity contribution in [2.45, 2.75) is 25.8 Å². The first kappa shape index (κ1) is 20.8. The first-order valence-electron chi connectivity index (χ1n) is 10.8. The van der Waals surface area contributed by atoms with Crippen molar-refractivity contribution < 1.29 is 13.6 Å². The Morgan fingerprint density at radius 2 is 1.83 bits per heavy atom. The smallest absolute Gasteiger partial charge is 0.224 e. The van der Waals surface area contributed by atoms with Gasteiger partial charge in [0, 0.05) is 44.5 Å². The number of hydrogen-bond acceptors (Lipinski definition) is 3. The van der Waals surface area contributed by atoms with E-state index in [2.05, 4.69) is 39.4 Å². The van der Waals surface area contributed by atoms with Crippen LogP contribution in [0.1, 0.15) is 24.8 Å². The molecule has 1 N–H and O–H groups in total. The molecule has 2 saturated heterocycles. The van der Waals surface area contributed by atoms with Crippen molar-refractivity contribution in [3.8, 4) is 0 Å². The van der Waals surface area contributed by atoms with Gasteiger partial charge in [0.1, 0.15) is 0 Å². The van der Waals surface area contributed by atoms with E-state index >= 15 is 0 Å². The van der Waals surface area contributed by atoms with E-state index in [4.69, 9.17) is 0 Å². The van der Waals surface area contributed by atoms with Crippen molar-refractivity contribution in [3.63, 3.8) is 0 Å². The van der Waals surface area contributed by atoms with Crippen LogP contribution in [0.4, 0.5) is 14.5 Å². The number of piperidine rings is 1. The molecule has 2 heterocycles. The number of carbonyl (C=O) groups excluding carboxylic acids is 1. The van der Waals surface area contributed by atoms with Crippen molar-refractivity contribution >= 4 is 11.6 Å². The zero-order valence-corrected chi connectivity index (χ0v) is 17.2. The second-order valence-corrected chi connectivity index (χ2v) is 8.50. The molecular weight excluding hydrogens is 384 g/mol. The number of halogens is 2. The molecule has 2 aromatic carbocycles. The molecule has 30 heavy (non-hydrogen) atoms. The van der Waals surface area contributed by atoms with E-state index in [0.717, 1.165) is 52.0 Å². The van der Waals surface area contributed by atoms with Gasteiger partial charge in [-0.3, -0.25) is 9.69 Å². The van der Waals surface area contributed by atoms with Crippen molar-refractivity contribution in [1.29, 1.82) is 0 Å². The molecule has 2 aromatic rings. The summed E-state index contributed by atoms with van der Waals surface area (Å²) in [4.78, 5) is 17.2. The molecule has 0 aliphatic carbocycles. The monoisotopic (exact) mass is 413 g/mol. The highest BCUT2D eigenvalue weighted by Crippen LogP contribution is 2.25. The summed E-state index contributed by atoms with van der Waals surface area (Å²) in [7, 11) is 0. The van der Waals surface area contributed by atoms with Gasteiger partial charge in [-0.25, -0.2) is 8.78 Å². The van der Waals surface area contributed by atoms with Gasteiger partial charge >= 0.3 is 0 Å². The fraction of sp³-hybridized carbons (Fsp3) is 0.458. The largest absolute Gasteiger partial charge is 0.371 e. The Hall–Kier alpha value is -2.47. The summed E-state index contributed by atoms with van der Waals surface area (Å²) in [5, 5.41) is 3.14. The number of nitrogens with zero attached hydrogens (tertiary/aromatic N) is 2. The Bertz CT molecular complexity index is 861. The van der Waals surface area contributed by atoms with E-state index < -0.39 is 11.6 Å². The summed E-state index contributed by atoms with van der Waals surface area (Å²) in [6.07, 6.45) is 2.91. The number of carbonyl (C=O) groups is 1. The first-order valence-corrected chi connectivity index (χ1v) is 10.8. The fourth-order valence-electron chi connectivity index (χ4n) is 4.56. The number of amides is 1. The van der Waals surface area contributed by atoms with Gasteiger partial charge in [-0.15, -0.1) is 0 Å². The summed E-state index contributed by atoms with van der Waals surface area (Å²) in [6, 6.07) is 14.4. The molecule has 4 nitrogen and oxygen atoms in total. The average molecular weight is 414 g/mol. The molecule has 0 spiro atoms. The van der Waals surface area contributed by atoms with Gasteiger partial charge in [0.25, 0.3) is 0 Å². The van der Waals surface area contributed by atoms with Crippen LogP contribution >= 0.6 is 0 Å². The Kier molecular flexibility index (Phi) is 6.62. The van der Waals surface area contributed by atoms with Gasteiger partial charge in [0.15, 0.2) is 11.6 Å². The third-order valence-electron chi connectivity index (χ3n) is 6.24. The molecule has 6 heteroatoms. The highest BCUT2D eigenvalue weighted by atomic mass is 19.2. The van der Waals surface area contributed by atoms with Gasteiger partial charge in [-0.1, -0.05) is 30.3 Å². The SMILES string of the molecule is O=C(NC[C@H]1CCN(c2ccc(F)c(F)c2)C1)[C@H]1CCCN(Cc2ccccc2)C1. The van der Waals surface area contributed by atoms with Crippen LogP contribution in [0, 0.1) is 23.5 Å². The molecule has 2 atom stereocenters. The maximum absolute atomic E-state index is 13.5. The van der Waals surface area contributed by atoms with Gasteiger partial charge < -0.3 is 10.2 Å². The minimum absolute atomic E-state index is 0.0335. The summed E-state index contributed by atoms with van der Waals surface area (Å²) in [6.45, 7) is 4.89. The van der Waals surface area contributed by atoms with Crippen LogP contribution in [0.2, 0.25) is 0 Å². The average Bonchev–Trinajstić information content (AvgIpc) is 3.24. The van der Waals surface area contributed by atoms with Crippen LogP contribution in [0.25, 0.3) is 0 Å². The number of anilines is 1. The standard InChI is InChI=1S/C24H29F2N3O/c25-22-9-8-21(13-23(22)26)29-12-10-19(16-29)14-27-24(30)20-7-4-11-28(17-20)15-18-5-2-1-3-6-18/h1-3,5-6,8-9,13,19-20H,4,7,10-12,14-17H2,(H,27,30)/t19-,20+/m1/s1. The summed E-state index contributed by atoms with van der Waals surface area (Å²) in [5.41, 5.74) is 1.98. The van der Waals surface area contributed by atoms with E-state index in [1.807, 2.05) is 6.07 Å². The molecule has 2 aliphatic heterocycles. The fourth-order valence-corrected chi connectivity index (χ4v) is 4.56. The van der Waals surface area contributed by atoms with Crippen molar-refractivity contribution in [3.05, 3.63) is 65.7 Å².